The maximum atomic E-state index is 10.2. The first-order valence-corrected chi connectivity index (χ1v) is 7.74. The van der Waals surface area contributed by atoms with Crippen LogP contribution < -0.4 is 0 Å². The van der Waals surface area contributed by atoms with Crippen LogP contribution in [-0.4, -0.2) is 22.9 Å². The van der Waals surface area contributed by atoms with E-state index in [1.807, 2.05) is 0 Å². The lowest BCUT2D eigenvalue weighted by atomic mass is 9.88. The van der Waals surface area contributed by atoms with Gasteiger partial charge in [0.25, 0.3) is 0 Å². The summed E-state index contributed by atoms with van der Waals surface area (Å²) < 4.78 is 6.39. The molecule has 102 valence electrons. The molecule has 0 aromatic rings. The molecular weight excluding hydrogens is 224 g/mol. The van der Waals surface area contributed by atoms with Gasteiger partial charge in [-0.15, -0.1) is 0 Å². The lowest BCUT2D eigenvalue weighted by molar-refractivity contribution is -0.0834. The molecule has 0 amide bonds. The number of hydrogen-bond donors (Lipinski definition) is 1. The van der Waals surface area contributed by atoms with Gasteiger partial charge in [0, 0.05) is 0 Å². The van der Waals surface area contributed by atoms with Crippen LogP contribution >= 0.6 is 0 Å². The molecular formula is C16H26O2. The van der Waals surface area contributed by atoms with E-state index in [9.17, 15) is 5.11 Å². The summed E-state index contributed by atoms with van der Waals surface area (Å²) in [6, 6.07) is 0. The van der Waals surface area contributed by atoms with E-state index in [0.717, 1.165) is 41.9 Å². The van der Waals surface area contributed by atoms with E-state index in [2.05, 4.69) is 27.7 Å². The van der Waals surface area contributed by atoms with Gasteiger partial charge in [0.2, 0.25) is 0 Å². The predicted octanol–water partition coefficient (Wildman–Crippen LogP) is 2.70. The minimum Gasteiger partial charge on any atom is -0.393 e. The van der Waals surface area contributed by atoms with Gasteiger partial charge in [-0.3, -0.25) is 0 Å². The van der Waals surface area contributed by atoms with Crippen LogP contribution in [0.15, 0.2) is 0 Å². The molecule has 5 saturated carbocycles. The zero-order chi connectivity index (χ0) is 12.8. The van der Waals surface area contributed by atoms with Crippen LogP contribution in [-0.2, 0) is 4.74 Å². The number of aliphatic hydroxyl groups is 1. The van der Waals surface area contributed by atoms with Gasteiger partial charge in [0.05, 0.1) is 17.8 Å². The smallest absolute Gasteiger partial charge is 0.0649 e. The molecule has 0 unspecified atom stereocenters. The zero-order valence-electron chi connectivity index (χ0n) is 12.0. The lowest BCUT2D eigenvalue weighted by Gasteiger charge is -2.30. The highest BCUT2D eigenvalue weighted by Gasteiger charge is 2.78. The topological polar surface area (TPSA) is 29.5 Å². The Hall–Kier alpha value is -0.0800. The number of rotatable bonds is 1. The third-order valence-corrected chi connectivity index (χ3v) is 6.23. The Morgan fingerprint density at radius 1 is 0.944 bits per heavy atom. The SMILES string of the molecule is C[C@@H]1C[C@@H]2[C@@H]3[C@H](C[C@H]1O)[C@@H]1[C@H]2[C@@H]1[C@H]3OC(C)(C)C. The molecule has 5 aliphatic carbocycles. The molecule has 0 spiro atoms. The fraction of sp³-hybridized carbons (Fsp3) is 1.00. The summed E-state index contributed by atoms with van der Waals surface area (Å²) in [7, 11) is 0. The van der Waals surface area contributed by atoms with Crippen molar-refractivity contribution in [3.8, 4) is 0 Å². The molecule has 0 aromatic carbocycles. The second kappa shape index (κ2) is 3.32. The summed E-state index contributed by atoms with van der Waals surface area (Å²) in [6.07, 6.45) is 2.74. The van der Waals surface area contributed by atoms with Crippen molar-refractivity contribution in [2.24, 2.45) is 41.4 Å². The zero-order valence-corrected chi connectivity index (χ0v) is 12.0. The van der Waals surface area contributed by atoms with E-state index in [4.69, 9.17) is 4.74 Å². The molecule has 5 aliphatic rings. The molecule has 0 radical (unpaired) electrons. The molecule has 2 heteroatoms. The van der Waals surface area contributed by atoms with E-state index in [-0.39, 0.29) is 11.7 Å². The fourth-order valence-corrected chi connectivity index (χ4v) is 5.83. The number of aliphatic hydroxyl groups excluding tert-OH is 1. The highest BCUT2D eigenvalue weighted by molar-refractivity contribution is 5.26. The summed E-state index contributed by atoms with van der Waals surface area (Å²) >= 11 is 0. The van der Waals surface area contributed by atoms with Crippen LogP contribution in [0.2, 0.25) is 0 Å². The van der Waals surface area contributed by atoms with Crippen molar-refractivity contribution in [1.29, 1.82) is 0 Å². The monoisotopic (exact) mass is 250 g/mol. The molecule has 5 rings (SSSR count). The number of hydrogen-bond acceptors (Lipinski definition) is 2. The molecule has 0 aromatic heterocycles. The van der Waals surface area contributed by atoms with Crippen molar-refractivity contribution >= 4 is 0 Å². The molecule has 0 heterocycles. The first kappa shape index (κ1) is 11.7. The average Bonchev–Trinajstić information content (AvgIpc) is 2.71. The van der Waals surface area contributed by atoms with Gasteiger partial charge in [0.15, 0.2) is 0 Å². The van der Waals surface area contributed by atoms with E-state index < -0.39 is 0 Å². The molecule has 9 atom stereocenters. The Bertz CT molecular complexity index is 348. The first-order valence-electron chi connectivity index (χ1n) is 7.74. The normalized spacial score (nSPS) is 60.8. The van der Waals surface area contributed by atoms with Crippen molar-refractivity contribution in [2.45, 2.75) is 58.3 Å². The minimum atomic E-state index is -0.0573. The van der Waals surface area contributed by atoms with Gasteiger partial charge >= 0.3 is 0 Å². The highest BCUT2D eigenvalue weighted by atomic mass is 16.5. The van der Waals surface area contributed by atoms with E-state index >= 15 is 0 Å². The van der Waals surface area contributed by atoms with Crippen LogP contribution in [0, 0.1) is 41.4 Å². The van der Waals surface area contributed by atoms with Crippen LogP contribution in [0.3, 0.4) is 0 Å². The average molecular weight is 250 g/mol. The minimum absolute atomic E-state index is 0.0112. The van der Waals surface area contributed by atoms with Crippen LogP contribution in [0.25, 0.3) is 0 Å². The summed E-state index contributed by atoms with van der Waals surface area (Å²) in [5, 5.41) is 10.2. The summed E-state index contributed by atoms with van der Waals surface area (Å²) in [5.74, 6) is 5.63. The van der Waals surface area contributed by atoms with Crippen LogP contribution in [0.5, 0.6) is 0 Å². The second-order valence-corrected chi connectivity index (χ2v) is 8.35. The van der Waals surface area contributed by atoms with E-state index in [0.29, 0.717) is 12.0 Å². The highest BCUT2D eigenvalue weighted by Crippen LogP contribution is 2.79. The van der Waals surface area contributed by atoms with Gasteiger partial charge in [-0.05, 0) is 75.0 Å². The fourth-order valence-electron chi connectivity index (χ4n) is 5.83. The van der Waals surface area contributed by atoms with Crippen molar-refractivity contribution in [3.05, 3.63) is 0 Å². The Balaban J connectivity index is 1.61. The maximum Gasteiger partial charge on any atom is 0.0649 e. The van der Waals surface area contributed by atoms with Crippen LogP contribution in [0.4, 0.5) is 0 Å². The molecule has 0 aliphatic heterocycles. The van der Waals surface area contributed by atoms with Gasteiger partial charge in [-0.1, -0.05) is 6.92 Å². The van der Waals surface area contributed by atoms with Crippen molar-refractivity contribution in [3.63, 3.8) is 0 Å². The summed E-state index contributed by atoms with van der Waals surface area (Å²) in [6.45, 7) is 8.78. The van der Waals surface area contributed by atoms with Crippen molar-refractivity contribution in [2.75, 3.05) is 0 Å². The lowest BCUT2D eigenvalue weighted by Crippen LogP contribution is -2.32. The molecule has 5 fully saturated rings. The van der Waals surface area contributed by atoms with E-state index in [1.54, 1.807) is 0 Å². The first-order chi connectivity index (χ1) is 8.38. The van der Waals surface area contributed by atoms with Crippen LogP contribution in [0.1, 0.15) is 40.5 Å². The Kier molecular flexibility index (Phi) is 2.16. The number of ether oxygens (including phenoxy) is 1. The Morgan fingerprint density at radius 3 is 2.17 bits per heavy atom. The summed E-state index contributed by atoms with van der Waals surface area (Å²) in [5.41, 5.74) is -0.0112. The van der Waals surface area contributed by atoms with Gasteiger partial charge in [-0.2, -0.15) is 0 Å². The third-order valence-electron chi connectivity index (χ3n) is 6.23. The molecule has 6 bridgehead atoms. The van der Waals surface area contributed by atoms with Gasteiger partial charge in [-0.25, -0.2) is 0 Å². The van der Waals surface area contributed by atoms with E-state index in [1.165, 1.54) is 6.42 Å². The molecule has 1 N–H and O–H groups in total. The van der Waals surface area contributed by atoms with Crippen molar-refractivity contribution in [1.82, 2.24) is 0 Å². The third kappa shape index (κ3) is 1.37. The van der Waals surface area contributed by atoms with Gasteiger partial charge < -0.3 is 9.84 Å². The molecule has 0 saturated heterocycles. The maximum absolute atomic E-state index is 10.2. The van der Waals surface area contributed by atoms with Crippen molar-refractivity contribution < 1.29 is 9.84 Å². The Labute approximate surface area is 110 Å². The summed E-state index contributed by atoms with van der Waals surface area (Å²) in [4.78, 5) is 0. The second-order valence-electron chi connectivity index (χ2n) is 8.35. The van der Waals surface area contributed by atoms with Gasteiger partial charge in [0.1, 0.15) is 0 Å². The Morgan fingerprint density at radius 2 is 1.56 bits per heavy atom. The quantitative estimate of drug-likeness (QED) is 0.775. The molecule has 18 heavy (non-hydrogen) atoms. The largest absolute Gasteiger partial charge is 0.393 e. The molecule has 2 nitrogen and oxygen atoms in total. The standard InChI is InChI=1S/C16H26O2/c1-7-5-8-11-9(6-10(7)17)13-12(8)14(13)15(11)18-16(2,3)4/h7-15,17H,5-6H2,1-4H3/t7-,8-,9+,10-,11-,12+,13-,14+,15+/m1/s1. The predicted molar refractivity (Wildman–Crippen MR) is 70.0 cm³/mol.